The molecular weight excluding hydrogens is 363 g/mol. The summed E-state index contributed by atoms with van der Waals surface area (Å²) >= 11 is 0. The number of hydrogen-bond donors (Lipinski definition) is 1. The van der Waals surface area contributed by atoms with E-state index in [-0.39, 0.29) is 17.4 Å². The highest BCUT2D eigenvalue weighted by atomic mass is 19.4. The summed E-state index contributed by atoms with van der Waals surface area (Å²) in [6.07, 6.45) is -2.97. The van der Waals surface area contributed by atoms with Crippen LogP contribution in [0.15, 0.2) is 41.5 Å². The van der Waals surface area contributed by atoms with E-state index in [1.54, 1.807) is 24.3 Å². The minimum absolute atomic E-state index is 0.0196. The SMILES string of the molecule is Cc1nc(C(F)(F)F)ccc1C(=O)NN=Cc1ccc(OCC2CO2)cc1. The molecule has 2 aromatic rings. The lowest BCUT2D eigenvalue weighted by Crippen LogP contribution is -2.20. The summed E-state index contributed by atoms with van der Waals surface area (Å²) in [5.41, 5.74) is 1.93. The molecule has 6 nitrogen and oxygen atoms in total. The molecule has 3 rings (SSSR count). The van der Waals surface area contributed by atoms with Crippen molar-refractivity contribution < 1.29 is 27.4 Å². The number of aryl methyl sites for hydroxylation is 1. The van der Waals surface area contributed by atoms with Gasteiger partial charge in [0.25, 0.3) is 5.91 Å². The Balaban J connectivity index is 1.56. The van der Waals surface area contributed by atoms with E-state index >= 15 is 0 Å². The molecule has 1 aromatic carbocycles. The highest BCUT2D eigenvalue weighted by Gasteiger charge is 2.33. The second-order valence-corrected chi connectivity index (χ2v) is 5.86. The van der Waals surface area contributed by atoms with E-state index in [1.165, 1.54) is 13.1 Å². The van der Waals surface area contributed by atoms with Gasteiger partial charge in [-0.3, -0.25) is 4.79 Å². The van der Waals surface area contributed by atoms with Crippen molar-refractivity contribution in [1.29, 1.82) is 0 Å². The van der Waals surface area contributed by atoms with Gasteiger partial charge in [0.1, 0.15) is 24.2 Å². The highest BCUT2D eigenvalue weighted by Crippen LogP contribution is 2.28. The number of carbonyl (C=O) groups excluding carboxylic acids is 1. The van der Waals surface area contributed by atoms with E-state index in [4.69, 9.17) is 9.47 Å². The van der Waals surface area contributed by atoms with E-state index < -0.39 is 17.8 Å². The summed E-state index contributed by atoms with van der Waals surface area (Å²) < 4.78 is 48.4. The van der Waals surface area contributed by atoms with Gasteiger partial charge in [-0.25, -0.2) is 10.4 Å². The number of halogens is 3. The first-order chi connectivity index (χ1) is 12.8. The van der Waals surface area contributed by atoms with Crippen LogP contribution in [0.1, 0.15) is 27.3 Å². The predicted molar refractivity (Wildman–Crippen MR) is 90.7 cm³/mol. The molecule has 0 radical (unpaired) electrons. The van der Waals surface area contributed by atoms with Crippen LogP contribution in [-0.2, 0) is 10.9 Å². The van der Waals surface area contributed by atoms with Gasteiger partial charge in [-0.05, 0) is 48.9 Å². The van der Waals surface area contributed by atoms with Gasteiger partial charge in [0, 0.05) is 0 Å². The Hall–Kier alpha value is -2.94. The van der Waals surface area contributed by atoms with Crippen molar-refractivity contribution in [3.05, 3.63) is 58.9 Å². The molecule has 1 aliphatic heterocycles. The summed E-state index contributed by atoms with van der Waals surface area (Å²) in [5, 5.41) is 3.81. The smallest absolute Gasteiger partial charge is 0.433 e. The van der Waals surface area contributed by atoms with Crippen LogP contribution in [0.4, 0.5) is 13.2 Å². The first kappa shape index (κ1) is 18.8. The molecule has 1 N–H and O–H groups in total. The molecule has 0 bridgehead atoms. The van der Waals surface area contributed by atoms with Crippen molar-refractivity contribution >= 4 is 12.1 Å². The van der Waals surface area contributed by atoms with E-state index in [0.29, 0.717) is 17.9 Å². The third kappa shape index (κ3) is 5.27. The normalized spacial score (nSPS) is 16.4. The van der Waals surface area contributed by atoms with Crippen molar-refractivity contribution in [3.63, 3.8) is 0 Å². The third-order valence-corrected chi connectivity index (χ3v) is 3.72. The minimum Gasteiger partial charge on any atom is -0.491 e. The monoisotopic (exact) mass is 379 g/mol. The zero-order valence-corrected chi connectivity index (χ0v) is 14.3. The van der Waals surface area contributed by atoms with Crippen LogP contribution < -0.4 is 10.2 Å². The first-order valence-electron chi connectivity index (χ1n) is 8.05. The maximum Gasteiger partial charge on any atom is 0.433 e. The predicted octanol–water partition coefficient (Wildman–Crippen LogP) is 2.95. The van der Waals surface area contributed by atoms with Gasteiger partial charge < -0.3 is 9.47 Å². The van der Waals surface area contributed by atoms with Crippen LogP contribution in [0.25, 0.3) is 0 Å². The maximum atomic E-state index is 12.6. The molecule has 1 aliphatic rings. The molecule has 9 heteroatoms. The Bertz CT molecular complexity index is 847. The summed E-state index contributed by atoms with van der Waals surface area (Å²) in [6, 6.07) is 8.86. The molecule has 1 saturated heterocycles. The van der Waals surface area contributed by atoms with Crippen LogP contribution in [0.5, 0.6) is 5.75 Å². The van der Waals surface area contributed by atoms with Crippen LogP contribution in [0, 0.1) is 6.92 Å². The number of benzene rings is 1. The molecule has 142 valence electrons. The van der Waals surface area contributed by atoms with Gasteiger partial charge in [-0.2, -0.15) is 18.3 Å². The van der Waals surface area contributed by atoms with Gasteiger partial charge in [-0.15, -0.1) is 0 Å². The van der Waals surface area contributed by atoms with Crippen molar-refractivity contribution in [3.8, 4) is 5.75 Å². The minimum atomic E-state index is -4.56. The van der Waals surface area contributed by atoms with Gasteiger partial charge in [0.15, 0.2) is 0 Å². The molecule has 1 atom stereocenters. The molecule has 1 aromatic heterocycles. The van der Waals surface area contributed by atoms with Gasteiger partial charge in [0.05, 0.1) is 24.1 Å². The third-order valence-electron chi connectivity index (χ3n) is 3.72. The second-order valence-electron chi connectivity index (χ2n) is 5.86. The Morgan fingerprint density at radius 2 is 2.04 bits per heavy atom. The number of amides is 1. The van der Waals surface area contributed by atoms with Crippen LogP contribution in [0.2, 0.25) is 0 Å². The molecule has 1 unspecified atom stereocenters. The molecule has 1 fully saturated rings. The average molecular weight is 379 g/mol. The second kappa shape index (κ2) is 7.75. The van der Waals surface area contributed by atoms with E-state index in [0.717, 1.165) is 18.7 Å². The number of hydrogen-bond acceptors (Lipinski definition) is 5. The average Bonchev–Trinajstić information content (AvgIpc) is 3.44. The summed E-state index contributed by atoms with van der Waals surface area (Å²) in [4.78, 5) is 15.5. The lowest BCUT2D eigenvalue weighted by molar-refractivity contribution is -0.141. The molecule has 0 spiro atoms. The van der Waals surface area contributed by atoms with Crippen LogP contribution >= 0.6 is 0 Å². The molecular formula is C18H16F3N3O3. The molecule has 27 heavy (non-hydrogen) atoms. The van der Waals surface area contributed by atoms with Gasteiger partial charge in [-0.1, -0.05) is 0 Å². The van der Waals surface area contributed by atoms with Crippen molar-refractivity contribution in [2.45, 2.75) is 19.2 Å². The number of pyridine rings is 1. The van der Waals surface area contributed by atoms with Crippen LogP contribution in [-0.4, -0.2) is 36.4 Å². The topological polar surface area (TPSA) is 76.1 Å². The number of nitrogens with zero attached hydrogens (tertiary/aromatic N) is 2. The molecule has 2 heterocycles. The van der Waals surface area contributed by atoms with Gasteiger partial charge in [0.2, 0.25) is 0 Å². The number of hydrazone groups is 1. The Labute approximate surface area is 153 Å². The zero-order chi connectivity index (χ0) is 19.4. The van der Waals surface area contributed by atoms with Crippen LogP contribution in [0.3, 0.4) is 0 Å². The number of aromatic nitrogens is 1. The fourth-order valence-electron chi connectivity index (χ4n) is 2.19. The number of epoxide rings is 1. The first-order valence-corrected chi connectivity index (χ1v) is 8.05. The van der Waals surface area contributed by atoms with Gasteiger partial charge >= 0.3 is 6.18 Å². The number of ether oxygens (including phenoxy) is 2. The van der Waals surface area contributed by atoms with E-state index in [1.807, 2.05) is 0 Å². The Morgan fingerprint density at radius 1 is 1.33 bits per heavy atom. The molecule has 0 aliphatic carbocycles. The standard InChI is InChI=1S/C18H16F3N3O3/c1-11-15(6-7-16(23-11)18(19,20)21)17(25)24-22-8-12-2-4-13(5-3-12)26-9-14-10-27-14/h2-8,14H,9-10H2,1H3,(H,24,25). The van der Waals surface area contributed by atoms with Crippen molar-refractivity contribution in [2.75, 3.05) is 13.2 Å². The summed E-state index contributed by atoms with van der Waals surface area (Å²) in [6.45, 7) is 2.56. The number of carbonyl (C=O) groups is 1. The zero-order valence-electron chi connectivity index (χ0n) is 14.3. The summed E-state index contributed by atoms with van der Waals surface area (Å²) in [7, 11) is 0. The van der Waals surface area contributed by atoms with Crippen molar-refractivity contribution in [1.82, 2.24) is 10.4 Å². The highest BCUT2D eigenvalue weighted by molar-refractivity contribution is 5.95. The number of nitrogens with one attached hydrogen (secondary N) is 1. The fourth-order valence-corrected chi connectivity index (χ4v) is 2.19. The number of alkyl halides is 3. The largest absolute Gasteiger partial charge is 0.491 e. The Morgan fingerprint density at radius 3 is 2.63 bits per heavy atom. The fraction of sp³-hybridized carbons (Fsp3) is 0.278. The molecule has 0 saturated carbocycles. The summed E-state index contributed by atoms with van der Waals surface area (Å²) in [5.74, 6) is 0.0486. The lowest BCUT2D eigenvalue weighted by Gasteiger charge is -2.09. The maximum absolute atomic E-state index is 12.6. The van der Waals surface area contributed by atoms with E-state index in [9.17, 15) is 18.0 Å². The van der Waals surface area contributed by atoms with Crippen molar-refractivity contribution in [2.24, 2.45) is 5.10 Å². The quantitative estimate of drug-likeness (QED) is 0.476. The van der Waals surface area contributed by atoms with E-state index in [2.05, 4.69) is 15.5 Å². The molecule has 1 amide bonds. The Kier molecular flexibility index (Phi) is 5.41. The number of rotatable bonds is 6. The lowest BCUT2D eigenvalue weighted by atomic mass is 10.1.